The number of hydrogen-bond donors (Lipinski definition) is 1. The van der Waals surface area contributed by atoms with Gasteiger partial charge in [0.1, 0.15) is 0 Å². The van der Waals surface area contributed by atoms with Gasteiger partial charge in [0.05, 0.1) is 0 Å². The molecule has 2 rings (SSSR count). The number of hydrogen-bond acceptors (Lipinski definition) is 1. The van der Waals surface area contributed by atoms with Crippen LogP contribution in [0.15, 0.2) is 11.6 Å². The third-order valence-corrected chi connectivity index (χ3v) is 5.04. The lowest BCUT2D eigenvalue weighted by atomic mass is 9.60. The topological polar surface area (TPSA) is 20.2 Å². The maximum absolute atomic E-state index is 9.39. The average molecular weight is 222 g/mol. The van der Waals surface area contributed by atoms with E-state index in [1.807, 2.05) is 0 Å². The fourth-order valence-corrected chi connectivity index (χ4v) is 3.89. The van der Waals surface area contributed by atoms with Crippen LogP contribution in [0.4, 0.5) is 0 Å². The Kier molecular flexibility index (Phi) is 3.73. The Morgan fingerprint density at radius 1 is 1.38 bits per heavy atom. The van der Waals surface area contributed by atoms with Crippen molar-refractivity contribution in [2.24, 2.45) is 29.6 Å². The molecule has 2 aliphatic rings. The summed E-state index contributed by atoms with van der Waals surface area (Å²) in [4.78, 5) is 0. The van der Waals surface area contributed by atoms with Crippen molar-refractivity contribution in [1.82, 2.24) is 0 Å². The molecule has 0 aromatic heterocycles. The van der Waals surface area contributed by atoms with Crippen LogP contribution in [0.25, 0.3) is 0 Å². The van der Waals surface area contributed by atoms with Crippen LogP contribution in [0, 0.1) is 29.6 Å². The SMILES string of the molecule is CC1=CC2[C@@H](CC1)[C@H](C)CC[C@H]2[C@@H](C)CO. The molecular weight excluding hydrogens is 196 g/mol. The predicted molar refractivity (Wildman–Crippen MR) is 68.1 cm³/mol. The second kappa shape index (κ2) is 4.91. The molecule has 1 N–H and O–H groups in total. The zero-order chi connectivity index (χ0) is 11.7. The molecule has 0 aromatic carbocycles. The van der Waals surface area contributed by atoms with Gasteiger partial charge in [-0.05, 0) is 55.8 Å². The van der Waals surface area contributed by atoms with Crippen molar-refractivity contribution < 1.29 is 5.11 Å². The van der Waals surface area contributed by atoms with Crippen LogP contribution in [-0.2, 0) is 0 Å². The van der Waals surface area contributed by atoms with E-state index in [-0.39, 0.29) is 0 Å². The number of aliphatic hydroxyl groups is 1. The summed E-state index contributed by atoms with van der Waals surface area (Å²) >= 11 is 0. The van der Waals surface area contributed by atoms with Gasteiger partial charge in [0.15, 0.2) is 0 Å². The fraction of sp³-hybridized carbons (Fsp3) is 0.867. The lowest BCUT2D eigenvalue weighted by molar-refractivity contribution is 0.0590. The zero-order valence-corrected chi connectivity index (χ0v) is 10.9. The van der Waals surface area contributed by atoms with Gasteiger partial charge in [-0.3, -0.25) is 0 Å². The third-order valence-electron chi connectivity index (χ3n) is 5.04. The molecular formula is C15H26O. The van der Waals surface area contributed by atoms with E-state index in [1.54, 1.807) is 5.57 Å². The largest absolute Gasteiger partial charge is 0.396 e. The van der Waals surface area contributed by atoms with Crippen molar-refractivity contribution in [3.8, 4) is 0 Å². The molecule has 0 bridgehead atoms. The van der Waals surface area contributed by atoms with Crippen LogP contribution < -0.4 is 0 Å². The van der Waals surface area contributed by atoms with Gasteiger partial charge < -0.3 is 5.11 Å². The van der Waals surface area contributed by atoms with Crippen molar-refractivity contribution in [2.45, 2.75) is 46.5 Å². The zero-order valence-electron chi connectivity index (χ0n) is 10.9. The lowest BCUT2D eigenvalue weighted by Crippen LogP contribution is -2.38. The minimum atomic E-state index is 0.356. The molecule has 5 atom stereocenters. The van der Waals surface area contributed by atoms with E-state index in [4.69, 9.17) is 0 Å². The van der Waals surface area contributed by atoms with E-state index >= 15 is 0 Å². The Balaban J connectivity index is 2.18. The number of fused-ring (bicyclic) bond motifs is 1. The summed E-state index contributed by atoms with van der Waals surface area (Å²) in [6.45, 7) is 7.27. The van der Waals surface area contributed by atoms with E-state index in [9.17, 15) is 5.11 Å². The Morgan fingerprint density at radius 2 is 2.12 bits per heavy atom. The molecule has 1 heteroatoms. The summed E-state index contributed by atoms with van der Waals surface area (Å²) in [5, 5.41) is 9.39. The van der Waals surface area contributed by atoms with Gasteiger partial charge in [0.25, 0.3) is 0 Å². The Labute approximate surface area is 99.9 Å². The van der Waals surface area contributed by atoms with Gasteiger partial charge in [0.2, 0.25) is 0 Å². The maximum atomic E-state index is 9.39. The molecule has 0 aromatic rings. The Bertz CT molecular complexity index is 269. The summed E-state index contributed by atoms with van der Waals surface area (Å²) in [5.41, 5.74) is 1.57. The van der Waals surface area contributed by atoms with Crippen LogP contribution >= 0.6 is 0 Å². The molecule has 0 radical (unpaired) electrons. The first-order valence-electron chi connectivity index (χ1n) is 6.91. The first-order valence-corrected chi connectivity index (χ1v) is 6.91. The Morgan fingerprint density at radius 3 is 2.81 bits per heavy atom. The first kappa shape index (κ1) is 12.2. The average Bonchev–Trinajstić information content (AvgIpc) is 2.28. The molecule has 2 aliphatic carbocycles. The van der Waals surface area contributed by atoms with Crippen molar-refractivity contribution in [1.29, 1.82) is 0 Å². The minimum Gasteiger partial charge on any atom is -0.396 e. The monoisotopic (exact) mass is 222 g/mol. The number of rotatable bonds is 2. The molecule has 1 nitrogen and oxygen atoms in total. The summed E-state index contributed by atoms with van der Waals surface area (Å²) in [6.07, 6.45) is 7.88. The highest BCUT2D eigenvalue weighted by atomic mass is 16.3. The summed E-state index contributed by atoms with van der Waals surface area (Å²) in [5.74, 6) is 3.72. The standard InChI is InChI=1S/C15H26O/c1-10-4-6-13-11(2)5-7-14(12(3)9-16)15(13)8-10/h8,11-16H,4-7,9H2,1-3H3/t11-,12+,13+,14+,15?/m1/s1. The second-order valence-electron chi connectivity index (χ2n) is 6.17. The van der Waals surface area contributed by atoms with Crippen LogP contribution in [0.2, 0.25) is 0 Å². The first-order chi connectivity index (χ1) is 7.63. The maximum Gasteiger partial charge on any atom is 0.0459 e. The second-order valence-corrected chi connectivity index (χ2v) is 6.17. The molecule has 1 fully saturated rings. The fourth-order valence-electron chi connectivity index (χ4n) is 3.89. The predicted octanol–water partition coefficient (Wildman–Crippen LogP) is 3.63. The minimum absolute atomic E-state index is 0.356. The molecule has 16 heavy (non-hydrogen) atoms. The molecule has 0 heterocycles. The van der Waals surface area contributed by atoms with Crippen LogP contribution in [0.3, 0.4) is 0 Å². The summed E-state index contributed by atoms with van der Waals surface area (Å²) in [6, 6.07) is 0. The smallest absolute Gasteiger partial charge is 0.0459 e. The molecule has 92 valence electrons. The summed E-state index contributed by atoms with van der Waals surface area (Å²) < 4.78 is 0. The van der Waals surface area contributed by atoms with Crippen molar-refractivity contribution in [3.05, 3.63) is 11.6 Å². The van der Waals surface area contributed by atoms with Gasteiger partial charge in [-0.15, -0.1) is 0 Å². The van der Waals surface area contributed by atoms with Gasteiger partial charge in [-0.25, -0.2) is 0 Å². The molecule has 1 saturated carbocycles. The van der Waals surface area contributed by atoms with Crippen LogP contribution in [0.5, 0.6) is 0 Å². The van der Waals surface area contributed by atoms with E-state index in [2.05, 4.69) is 26.8 Å². The van der Waals surface area contributed by atoms with E-state index in [0.29, 0.717) is 12.5 Å². The summed E-state index contributed by atoms with van der Waals surface area (Å²) in [7, 11) is 0. The molecule has 0 saturated heterocycles. The van der Waals surface area contributed by atoms with E-state index in [0.717, 1.165) is 23.7 Å². The highest BCUT2D eigenvalue weighted by Gasteiger charge is 2.39. The van der Waals surface area contributed by atoms with Crippen LogP contribution in [0.1, 0.15) is 46.5 Å². The number of aliphatic hydroxyl groups excluding tert-OH is 1. The van der Waals surface area contributed by atoms with E-state index < -0.39 is 0 Å². The van der Waals surface area contributed by atoms with E-state index in [1.165, 1.54) is 25.7 Å². The molecule has 0 amide bonds. The lowest BCUT2D eigenvalue weighted by Gasteiger charge is -2.45. The highest BCUT2D eigenvalue weighted by Crippen LogP contribution is 2.47. The van der Waals surface area contributed by atoms with Crippen molar-refractivity contribution in [3.63, 3.8) is 0 Å². The molecule has 0 spiro atoms. The third kappa shape index (κ3) is 2.20. The van der Waals surface area contributed by atoms with Gasteiger partial charge in [-0.1, -0.05) is 31.9 Å². The quantitative estimate of drug-likeness (QED) is 0.707. The van der Waals surface area contributed by atoms with Gasteiger partial charge in [-0.2, -0.15) is 0 Å². The number of allylic oxidation sites excluding steroid dienone is 2. The molecule has 0 aliphatic heterocycles. The molecule has 1 unspecified atom stereocenters. The van der Waals surface area contributed by atoms with Crippen molar-refractivity contribution >= 4 is 0 Å². The Hall–Kier alpha value is -0.300. The van der Waals surface area contributed by atoms with Gasteiger partial charge >= 0.3 is 0 Å². The highest BCUT2D eigenvalue weighted by molar-refractivity contribution is 5.11. The van der Waals surface area contributed by atoms with Crippen molar-refractivity contribution in [2.75, 3.05) is 6.61 Å². The normalized spacial score (nSPS) is 41.1. The van der Waals surface area contributed by atoms with Crippen LogP contribution in [-0.4, -0.2) is 11.7 Å². The van der Waals surface area contributed by atoms with Gasteiger partial charge in [0, 0.05) is 6.61 Å².